The highest BCUT2D eigenvalue weighted by Gasteiger charge is 2.18. The number of nitrogens with one attached hydrogen (secondary N) is 1. The lowest BCUT2D eigenvalue weighted by Crippen LogP contribution is -2.38. The number of aromatic carboxylic acids is 1. The number of hydrogen-bond donors (Lipinski definition) is 2. The van der Waals surface area contributed by atoms with Crippen molar-refractivity contribution >= 4 is 11.9 Å². The molecule has 0 aliphatic heterocycles. The van der Waals surface area contributed by atoms with E-state index in [1.807, 2.05) is 0 Å². The maximum atomic E-state index is 11.7. The van der Waals surface area contributed by atoms with Gasteiger partial charge in [-0.1, -0.05) is 11.6 Å². The molecule has 1 aromatic rings. The van der Waals surface area contributed by atoms with Crippen LogP contribution < -0.4 is 10.1 Å². The Morgan fingerprint density at radius 1 is 1.40 bits per heavy atom. The quantitative estimate of drug-likeness (QED) is 0.734. The van der Waals surface area contributed by atoms with Crippen molar-refractivity contribution in [2.24, 2.45) is 0 Å². The molecule has 1 rings (SSSR count). The van der Waals surface area contributed by atoms with Crippen LogP contribution in [0.2, 0.25) is 0 Å². The van der Waals surface area contributed by atoms with E-state index in [0.717, 1.165) is 5.56 Å². The molecule has 0 aliphatic carbocycles. The second kappa shape index (κ2) is 7.49. The topological polar surface area (TPSA) is 84.9 Å². The molecule has 1 atom stereocenters. The summed E-state index contributed by atoms with van der Waals surface area (Å²) >= 11 is 0. The lowest BCUT2D eigenvalue weighted by molar-refractivity contribution is -0.127. The van der Waals surface area contributed by atoms with Gasteiger partial charge in [0, 0.05) is 13.7 Å². The summed E-state index contributed by atoms with van der Waals surface area (Å²) in [5, 5.41) is 11.7. The van der Waals surface area contributed by atoms with Crippen molar-refractivity contribution in [1.82, 2.24) is 5.32 Å². The molecule has 2 N–H and O–H groups in total. The SMILES string of the molecule is COCCNC(=O)[C@H](C)Oc1ccc(C)cc1C(=O)O. The summed E-state index contributed by atoms with van der Waals surface area (Å²) in [5.74, 6) is -1.23. The van der Waals surface area contributed by atoms with Gasteiger partial charge in [0.1, 0.15) is 11.3 Å². The molecule has 110 valence electrons. The minimum absolute atomic E-state index is 0.0431. The van der Waals surface area contributed by atoms with Gasteiger partial charge < -0.3 is 19.9 Å². The zero-order valence-electron chi connectivity index (χ0n) is 11.8. The van der Waals surface area contributed by atoms with Crippen LogP contribution >= 0.6 is 0 Å². The Morgan fingerprint density at radius 2 is 2.10 bits per heavy atom. The van der Waals surface area contributed by atoms with Crippen molar-refractivity contribution in [3.63, 3.8) is 0 Å². The van der Waals surface area contributed by atoms with Crippen LogP contribution in [0.5, 0.6) is 5.75 Å². The molecule has 0 bridgehead atoms. The molecule has 0 spiro atoms. The second-order valence-corrected chi connectivity index (χ2v) is 4.35. The summed E-state index contributed by atoms with van der Waals surface area (Å²) in [4.78, 5) is 22.9. The fraction of sp³-hybridized carbons (Fsp3) is 0.429. The molecule has 1 aromatic carbocycles. The minimum atomic E-state index is -1.09. The minimum Gasteiger partial charge on any atom is -0.480 e. The molecule has 0 heterocycles. The molecule has 20 heavy (non-hydrogen) atoms. The van der Waals surface area contributed by atoms with Crippen molar-refractivity contribution in [3.05, 3.63) is 29.3 Å². The monoisotopic (exact) mass is 281 g/mol. The van der Waals surface area contributed by atoms with E-state index in [1.54, 1.807) is 26.0 Å². The van der Waals surface area contributed by atoms with Crippen molar-refractivity contribution in [1.29, 1.82) is 0 Å². The fourth-order valence-electron chi connectivity index (χ4n) is 1.58. The maximum absolute atomic E-state index is 11.7. The molecule has 0 radical (unpaired) electrons. The predicted octanol–water partition coefficient (Wildman–Crippen LogP) is 1.22. The summed E-state index contributed by atoms with van der Waals surface area (Å²) in [7, 11) is 1.54. The van der Waals surface area contributed by atoms with Gasteiger partial charge in [-0.15, -0.1) is 0 Å². The molecule has 0 fully saturated rings. The summed E-state index contributed by atoms with van der Waals surface area (Å²) < 4.78 is 10.2. The van der Waals surface area contributed by atoms with E-state index in [9.17, 15) is 9.59 Å². The summed E-state index contributed by atoms with van der Waals surface area (Å²) in [6.07, 6.45) is -0.785. The Bertz CT molecular complexity index is 486. The number of ether oxygens (including phenoxy) is 2. The van der Waals surface area contributed by atoms with Crippen LogP contribution in [-0.2, 0) is 9.53 Å². The third kappa shape index (κ3) is 4.55. The van der Waals surface area contributed by atoms with Gasteiger partial charge in [0.05, 0.1) is 6.61 Å². The Kier molecular flexibility index (Phi) is 5.99. The van der Waals surface area contributed by atoms with E-state index in [-0.39, 0.29) is 17.2 Å². The molecule has 1 amide bonds. The highest BCUT2D eigenvalue weighted by Crippen LogP contribution is 2.21. The number of carboxylic acid groups (broad SMARTS) is 1. The zero-order valence-corrected chi connectivity index (χ0v) is 11.8. The normalized spacial score (nSPS) is 11.8. The van der Waals surface area contributed by atoms with Gasteiger partial charge in [-0.25, -0.2) is 4.79 Å². The number of rotatable bonds is 7. The molecule has 0 aromatic heterocycles. The van der Waals surface area contributed by atoms with Crippen LogP contribution in [0.1, 0.15) is 22.8 Å². The molecule has 0 saturated carbocycles. The standard InChI is InChI=1S/C14H19NO5/c1-9-4-5-12(11(8-9)14(17)18)20-10(2)13(16)15-6-7-19-3/h4-5,8,10H,6-7H2,1-3H3,(H,15,16)(H,17,18)/t10-/m0/s1. The number of benzene rings is 1. The van der Waals surface area contributed by atoms with Crippen molar-refractivity contribution < 1.29 is 24.2 Å². The van der Waals surface area contributed by atoms with Crippen molar-refractivity contribution in [2.75, 3.05) is 20.3 Å². The van der Waals surface area contributed by atoms with Gasteiger partial charge in [0.2, 0.25) is 0 Å². The lowest BCUT2D eigenvalue weighted by atomic mass is 10.1. The Morgan fingerprint density at radius 3 is 2.70 bits per heavy atom. The number of carboxylic acids is 1. The zero-order chi connectivity index (χ0) is 15.1. The van der Waals surface area contributed by atoms with Crippen LogP contribution in [0.3, 0.4) is 0 Å². The number of amides is 1. The molecule has 0 saturated heterocycles. The van der Waals surface area contributed by atoms with Gasteiger partial charge in [0.15, 0.2) is 6.10 Å². The first kappa shape index (κ1) is 16.0. The number of methoxy groups -OCH3 is 1. The predicted molar refractivity (Wildman–Crippen MR) is 73.1 cm³/mol. The van der Waals surface area contributed by atoms with Crippen LogP contribution in [0.15, 0.2) is 18.2 Å². The smallest absolute Gasteiger partial charge is 0.339 e. The van der Waals surface area contributed by atoms with E-state index >= 15 is 0 Å². The molecular weight excluding hydrogens is 262 g/mol. The summed E-state index contributed by atoms with van der Waals surface area (Å²) in [5.41, 5.74) is 0.855. The van der Waals surface area contributed by atoms with Gasteiger partial charge in [-0.05, 0) is 26.0 Å². The Balaban J connectivity index is 2.72. The van der Waals surface area contributed by atoms with Crippen LogP contribution in [-0.4, -0.2) is 43.3 Å². The maximum Gasteiger partial charge on any atom is 0.339 e. The van der Waals surface area contributed by atoms with Gasteiger partial charge in [0.25, 0.3) is 5.91 Å². The fourth-order valence-corrected chi connectivity index (χ4v) is 1.58. The Hall–Kier alpha value is -2.08. The van der Waals surface area contributed by atoms with Crippen LogP contribution in [0, 0.1) is 6.92 Å². The van der Waals surface area contributed by atoms with Crippen molar-refractivity contribution in [3.8, 4) is 5.75 Å². The molecule has 6 heteroatoms. The molecular formula is C14H19NO5. The second-order valence-electron chi connectivity index (χ2n) is 4.35. The van der Waals surface area contributed by atoms with Gasteiger partial charge in [-0.2, -0.15) is 0 Å². The average Bonchev–Trinajstić information content (AvgIpc) is 2.40. The Labute approximate surface area is 117 Å². The lowest BCUT2D eigenvalue weighted by Gasteiger charge is -2.16. The third-order valence-corrected chi connectivity index (χ3v) is 2.64. The molecule has 0 aliphatic rings. The molecule has 0 unspecified atom stereocenters. The van der Waals surface area contributed by atoms with Crippen LogP contribution in [0.4, 0.5) is 0 Å². The summed E-state index contributed by atoms with van der Waals surface area (Å²) in [6.45, 7) is 4.14. The van der Waals surface area contributed by atoms with E-state index in [1.165, 1.54) is 13.2 Å². The van der Waals surface area contributed by atoms with Gasteiger partial charge >= 0.3 is 5.97 Å². The van der Waals surface area contributed by atoms with E-state index in [2.05, 4.69) is 5.32 Å². The van der Waals surface area contributed by atoms with Crippen LogP contribution in [0.25, 0.3) is 0 Å². The number of aryl methyl sites for hydroxylation is 1. The van der Waals surface area contributed by atoms with E-state index in [0.29, 0.717) is 13.2 Å². The average molecular weight is 281 g/mol. The number of carbonyl (C=O) groups is 2. The third-order valence-electron chi connectivity index (χ3n) is 2.64. The van der Waals surface area contributed by atoms with E-state index in [4.69, 9.17) is 14.6 Å². The highest BCUT2D eigenvalue weighted by atomic mass is 16.5. The first-order chi connectivity index (χ1) is 9.45. The van der Waals surface area contributed by atoms with Crippen molar-refractivity contribution in [2.45, 2.75) is 20.0 Å². The number of hydrogen-bond acceptors (Lipinski definition) is 4. The number of carbonyl (C=O) groups excluding carboxylic acids is 1. The van der Waals surface area contributed by atoms with E-state index < -0.39 is 12.1 Å². The first-order valence-corrected chi connectivity index (χ1v) is 6.23. The summed E-state index contributed by atoms with van der Waals surface area (Å²) in [6, 6.07) is 4.79. The largest absolute Gasteiger partial charge is 0.480 e. The first-order valence-electron chi connectivity index (χ1n) is 6.23. The highest BCUT2D eigenvalue weighted by molar-refractivity contribution is 5.91. The molecule has 6 nitrogen and oxygen atoms in total. The van der Waals surface area contributed by atoms with Gasteiger partial charge in [-0.3, -0.25) is 4.79 Å².